The van der Waals surface area contributed by atoms with Crippen molar-refractivity contribution >= 4 is 0 Å². The Morgan fingerprint density at radius 2 is 1.44 bits per heavy atom. The van der Waals surface area contributed by atoms with Gasteiger partial charge in [0, 0.05) is 0 Å². The van der Waals surface area contributed by atoms with Gasteiger partial charge in [0.05, 0.1) is 0 Å². The van der Waals surface area contributed by atoms with E-state index in [-0.39, 0.29) is 0 Å². The fourth-order valence-electron chi connectivity index (χ4n) is 3.13. The summed E-state index contributed by atoms with van der Waals surface area (Å²) in [6.45, 7) is 16.5. The van der Waals surface area contributed by atoms with Gasteiger partial charge in [-0.15, -0.1) is 0 Å². The van der Waals surface area contributed by atoms with Crippen LogP contribution in [0.4, 0.5) is 0 Å². The number of hydrogen-bond donors (Lipinski definition) is 0. The van der Waals surface area contributed by atoms with E-state index in [2.05, 4.69) is 54.5 Å². The van der Waals surface area contributed by atoms with Gasteiger partial charge in [0.15, 0.2) is 0 Å². The van der Waals surface area contributed by atoms with Crippen LogP contribution in [0.3, 0.4) is 0 Å². The van der Waals surface area contributed by atoms with E-state index >= 15 is 0 Å². The Bertz CT molecular complexity index is 224. The van der Waals surface area contributed by atoms with Crippen LogP contribution in [0.15, 0.2) is 11.6 Å². The first-order valence-electron chi connectivity index (χ1n) is 8.19. The summed E-state index contributed by atoms with van der Waals surface area (Å²) in [5.41, 5.74) is 1.70. The molecule has 0 amide bonds. The van der Waals surface area contributed by atoms with E-state index in [0.29, 0.717) is 5.92 Å². The standard InChI is InChI=1S/C18H36/c1-8-11-15(6)17(10-3)13-18(14(4)5)16(7)12-9-2/h13-17H,8-12H2,1-7H3. The molecule has 0 spiro atoms. The van der Waals surface area contributed by atoms with Gasteiger partial charge in [-0.2, -0.15) is 0 Å². The van der Waals surface area contributed by atoms with Crippen molar-refractivity contribution in [1.29, 1.82) is 0 Å². The van der Waals surface area contributed by atoms with Crippen molar-refractivity contribution in [3.05, 3.63) is 11.6 Å². The predicted molar refractivity (Wildman–Crippen MR) is 84.8 cm³/mol. The molecule has 0 nitrogen and oxygen atoms in total. The summed E-state index contributed by atoms with van der Waals surface area (Å²) >= 11 is 0. The summed E-state index contributed by atoms with van der Waals surface area (Å²) in [4.78, 5) is 0. The van der Waals surface area contributed by atoms with E-state index < -0.39 is 0 Å². The molecular weight excluding hydrogens is 216 g/mol. The van der Waals surface area contributed by atoms with Crippen molar-refractivity contribution in [2.75, 3.05) is 0 Å². The highest BCUT2D eigenvalue weighted by atomic mass is 14.2. The van der Waals surface area contributed by atoms with Crippen LogP contribution in [0.25, 0.3) is 0 Å². The van der Waals surface area contributed by atoms with Gasteiger partial charge in [-0.05, 0) is 36.5 Å². The van der Waals surface area contributed by atoms with Gasteiger partial charge in [0.1, 0.15) is 0 Å². The second-order valence-electron chi connectivity index (χ2n) is 6.35. The molecule has 18 heavy (non-hydrogen) atoms. The molecule has 0 rings (SSSR count). The molecule has 108 valence electrons. The molecule has 0 radical (unpaired) electrons. The van der Waals surface area contributed by atoms with E-state index in [0.717, 1.165) is 17.8 Å². The molecule has 0 aliphatic heterocycles. The lowest BCUT2D eigenvalue weighted by atomic mass is 9.81. The molecule has 3 atom stereocenters. The lowest BCUT2D eigenvalue weighted by molar-refractivity contribution is 0.380. The SMILES string of the molecule is CCCC(C)C(=CC(CC)C(C)CCC)C(C)C. The second-order valence-corrected chi connectivity index (χ2v) is 6.35. The minimum Gasteiger partial charge on any atom is -0.0814 e. The Morgan fingerprint density at radius 1 is 0.889 bits per heavy atom. The number of rotatable bonds is 9. The van der Waals surface area contributed by atoms with Crippen LogP contribution in [0.1, 0.15) is 80.6 Å². The maximum Gasteiger partial charge on any atom is -0.0208 e. The lowest BCUT2D eigenvalue weighted by Gasteiger charge is -2.25. The van der Waals surface area contributed by atoms with Crippen molar-refractivity contribution in [3.63, 3.8) is 0 Å². The molecule has 0 aromatic heterocycles. The summed E-state index contributed by atoms with van der Waals surface area (Å²) in [6, 6.07) is 0. The maximum atomic E-state index is 2.63. The first-order chi connectivity index (χ1) is 8.47. The van der Waals surface area contributed by atoms with Crippen molar-refractivity contribution in [2.45, 2.75) is 80.6 Å². The summed E-state index contributed by atoms with van der Waals surface area (Å²) in [5.74, 6) is 3.08. The largest absolute Gasteiger partial charge is 0.0814 e. The molecule has 0 heterocycles. The van der Waals surface area contributed by atoms with Crippen molar-refractivity contribution in [2.24, 2.45) is 23.7 Å². The quantitative estimate of drug-likeness (QED) is 0.413. The van der Waals surface area contributed by atoms with Crippen LogP contribution in [-0.2, 0) is 0 Å². The third kappa shape index (κ3) is 6.07. The molecule has 0 bridgehead atoms. The van der Waals surface area contributed by atoms with E-state index in [9.17, 15) is 0 Å². The zero-order valence-electron chi connectivity index (χ0n) is 13.9. The van der Waals surface area contributed by atoms with Crippen LogP contribution in [0.2, 0.25) is 0 Å². The van der Waals surface area contributed by atoms with Crippen LogP contribution >= 0.6 is 0 Å². The maximum absolute atomic E-state index is 2.63. The summed E-state index contributed by atoms with van der Waals surface area (Å²) in [5, 5.41) is 0. The molecule has 0 aromatic carbocycles. The summed E-state index contributed by atoms with van der Waals surface area (Å²) in [7, 11) is 0. The smallest absolute Gasteiger partial charge is 0.0208 e. The van der Waals surface area contributed by atoms with Gasteiger partial charge in [0.25, 0.3) is 0 Å². The zero-order chi connectivity index (χ0) is 14.1. The van der Waals surface area contributed by atoms with Gasteiger partial charge >= 0.3 is 0 Å². The highest BCUT2D eigenvalue weighted by molar-refractivity contribution is 5.11. The van der Waals surface area contributed by atoms with Crippen LogP contribution in [0.5, 0.6) is 0 Å². The molecule has 0 heteroatoms. The topological polar surface area (TPSA) is 0 Å². The van der Waals surface area contributed by atoms with Crippen molar-refractivity contribution < 1.29 is 0 Å². The monoisotopic (exact) mass is 252 g/mol. The summed E-state index contributed by atoms with van der Waals surface area (Å²) in [6.07, 6.45) is 9.23. The fraction of sp³-hybridized carbons (Fsp3) is 0.889. The van der Waals surface area contributed by atoms with Crippen LogP contribution in [-0.4, -0.2) is 0 Å². The third-order valence-electron chi connectivity index (χ3n) is 4.31. The molecular formula is C18H36. The van der Waals surface area contributed by atoms with Gasteiger partial charge < -0.3 is 0 Å². The fourth-order valence-corrected chi connectivity index (χ4v) is 3.13. The molecule has 0 aliphatic carbocycles. The van der Waals surface area contributed by atoms with Gasteiger partial charge in [0.2, 0.25) is 0 Å². The second kappa shape index (κ2) is 9.64. The minimum absolute atomic E-state index is 0.703. The Kier molecular flexibility index (Phi) is 9.50. The normalized spacial score (nSPS) is 17.9. The van der Waals surface area contributed by atoms with Crippen molar-refractivity contribution in [3.8, 4) is 0 Å². The first-order valence-corrected chi connectivity index (χ1v) is 8.19. The molecule has 0 saturated heterocycles. The average molecular weight is 252 g/mol. The van der Waals surface area contributed by atoms with Crippen molar-refractivity contribution in [1.82, 2.24) is 0 Å². The molecule has 0 aliphatic rings. The Labute approximate surface area is 116 Å². The Balaban J connectivity index is 4.88. The average Bonchev–Trinajstić information content (AvgIpc) is 2.30. The molecule has 0 saturated carbocycles. The van der Waals surface area contributed by atoms with E-state index in [1.165, 1.54) is 32.1 Å². The Hall–Kier alpha value is -0.260. The molecule has 3 unspecified atom stereocenters. The molecule has 0 aromatic rings. The molecule has 0 fully saturated rings. The predicted octanol–water partition coefficient (Wildman–Crippen LogP) is 6.47. The number of allylic oxidation sites excluding steroid dienone is 2. The number of hydrogen-bond acceptors (Lipinski definition) is 0. The minimum atomic E-state index is 0.703. The molecule has 0 N–H and O–H groups in total. The zero-order valence-corrected chi connectivity index (χ0v) is 13.9. The Morgan fingerprint density at radius 3 is 1.83 bits per heavy atom. The van der Waals surface area contributed by atoms with Crippen LogP contribution < -0.4 is 0 Å². The van der Waals surface area contributed by atoms with Gasteiger partial charge in [-0.3, -0.25) is 0 Å². The first kappa shape index (κ1) is 17.7. The van der Waals surface area contributed by atoms with Crippen LogP contribution in [0, 0.1) is 23.7 Å². The van der Waals surface area contributed by atoms with E-state index in [4.69, 9.17) is 0 Å². The highest BCUT2D eigenvalue weighted by Crippen LogP contribution is 2.30. The van der Waals surface area contributed by atoms with Gasteiger partial charge in [-0.25, -0.2) is 0 Å². The van der Waals surface area contributed by atoms with Gasteiger partial charge in [-0.1, -0.05) is 79.4 Å². The lowest BCUT2D eigenvalue weighted by Crippen LogP contribution is -2.13. The highest BCUT2D eigenvalue weighted by Gasteiger charge is 2.17. The summed E-state index contributed by atoms with van der Waals surface area (Å²) < 4.78 is 0. The van der Waals surface area contributed by atoms with E-state index in [1.807, 2.05) is 0 Å². The van der Waals surface area contributed by atoms with E-state index in [1.54, 1.807) is 5.57 Å². The third-order valence-corrected chi connectivity index (χ3v) is 4.31.